The van der Waals surface area contributed by atoms with Crippen molar-refractivity contribution < 1.29 is 9.47 Å². The van der Waals surface area contributed by atoms with E-state index in [4.69, 9.17) is 9.47 Å². The van der Waals surface area contributed by atoms with Crippen LogP contribution >= 0.6 is 0 Å². The molecular formula is C18H26N4O3. The summed E-state index contributed by atoms with van der Waals surface area (Å²) in [6.07, 6.45) is 0.965. The lowest BCUT2D eigenvalue weighted by Gasteiger charge is -2.23. The van der Waals surface area contributed by atoms with Gasteiger partial charge in [-0.05, 0) is 38.0 Å². The lowest BCUT2D eigenvalue weighted by molar-refractivity contribution is 0.105. The Morgan fingerprint density at radius 2 is 2.24 bits per heavy atom. The van der Waals surface area contributed by atoms with E-state index in [0.717, 1.165) is 31.1 Å². The molecule has 0 amide bonds. The smallest absolute Gasteiger partial charge is 0.343 e. The van der Waals surface area contributed by atoms with E-state index in [1.807, 2.05) is 38.1 Å². The summed E-state index contributed by atoms with van der Waals surface area (Å²) in [7, 11) is 1.73. The molecule has 3 rings (SSSR count). The second kappa shape index (κ2) is 7.84. The van der Waals surface area contributed by atoms with E-state index >= 15 is 0 Å². The Labute approximate surface area is 147 Å². The standard InChI is InChI=1S/C18H26N4O3/c1-4-22-17(19-20-18(22)23)16-11-15(24-3)12-21(16)8-9-25-14-7-5-6-13(2)10-14/h5-7,10,15-16H,4,8-9,11-12H2,1-3H3,(H,20,23)/t15-,16-/m0/s1. The minimum Gasteiger partial charge on any atom is -0.492 e. The van der Waals surface area contributed by atoms with Crippen LogP contribution in [-0.4, -0.2) is 52.6 Å². The Kier molecular flexibility index (Phi) is 5.55. The molecule has 7 nitrogen and oxygen atoms in total. The zero-order chi connectivity index (χ0) is 17.8. The summed E-state index contributed by atoms with van der Waals surface area (Å²) in [5, 5.41) is 6.82. The zero-order valence-corrected chi connectivity index (χ0v) is 15.1. The predicted molar refractivity (Wildman–Crippen MR) is 94.9 cm³/mol. The van der Waals surface area contributed by atoms with Gasteiger partial charge in [0, 0.05) is 26.7 Å². The first-order chi connectivity index (χ1) is 12.1. The summed E-state index contributed by atoms with van der Waals surface area (Å²) in [6.45, 7) is 6.75. The average Bonchev–Trinajstić information content (AvgIpc) is 3.17. The lowest BCUT2D eigenvalue weighted by Crippen LogP contribution is -2.31. The maximum Gasteiger partial charge on any atom is 0.343 e. The molecule has 136 valence electrons. The van der Waals surface area contributed by atoms with Crippen molar-refractivity contribution in [2.24, 2.45) is 0 Å². The van der Waals surface area contributed by atoms with E-state index in [0.29, 0.717) is 13.2 Å². The molecule has 0 unspecified atom stereocenters. The van der Waals surface area contributed by atoms with E-state index in [2.05, 4.69) is 15.1 Å². The van der Waals surface area contributed by atoms with E-state index in [1.165, 1.54) is 5.56 Å². The van der Waals surface area contributed by atoms with Gasteiger partial charge in [-0.1, -0.05) is 12.1 Å². The highest BCUT2D eigenvalue weighted by atomic mass is 16.5. The third kappa shape index (κ3) is 3.93. The molecule has 1 N–H and O–H groups in total. The molecule has 1 aliphatic rings. The number of rotatable bonds is 7. The minimum atomic E-state index is -0.158. The van der Waals surface area contributed by atoms with Crippen molar-refractivity contribution in [2.75, 3.05) is 26.8 Å². The molecule has 25 heavy (non-hydrogen) atoms. The molecule has 7 heteroatoms. The fourth-order valence-electron chi connectivity index (χ4n) is 3.42. The van der Waals surface area contributed by atoms with Crippen molar-refractivity contribution >= 4 is 0 Å². The van der Waals surface area contributed by atoms with Gasteiger partial charge in [0.05, 0.1) is 12.1 Å². The van der Waals surface area contributed by atoms with Crippen LogP contribution in [0.15, 0.2) is 29.1 Å². The summed E-state index contributed by atoms with van der Waals surface area (Å²) in [4.78, 5) is 14.2. The molecular weight excluding hydrogens is 320 g/mol. The van der Waals surface area contributed by atoms with Gasteiger partial charge in [-0.15, -0.1) is 0 Å². The van der Waals surface area contributed by atoms with Crippen molar-refractivity contribution in [3.63, 3.8) is 0 Å². The predicted octanol–water partition coefficient (Wildman–Crippen LogP) is 1.74. The summed E-state index contributed by atoms with van der Waals surface area (Å²) >= 11 is 0. The Hall–Kier alpha value is -2.12. The number of likely N-dealkylation sites (tertiary alicyclic amines) is 1. The van der Waals surface area contributed by atoms with Crippen LogP contribution in [0.4, 0.5) is 0 Å². The first-order valence-electron chi connectivity index (χ1n) is 8.73. The number of nitrogens with zero attached hydrogens (tertiary/aromatic N) is 3. The normalized spacial score (nSPS) is 20.9. The van der Waals surface area contributed by atoms with Gasteiger partial charge in [0.15, 0.2) is 5.82 Å². The van der Waals surface area contributed by atoms with Crippen molar-refractivity contribution in [2.45, 2.75) is 39.0 Å². The molecule has 0 bridgehead atoms. The first kappa shape index (κ1) is 17.7. The zero-order valence-electron chi connectivity index (χ0n) is 15.1. The van der Waals surface area contributed by atoms with E-state index in [1.54, 1.807) is 11.7 Å². The number of hydrogen-bond acceptors (Lipinski definition) is 5. The molecule has 1 fully saturated rings. The Bertz CT molecular complexity index is 755. The molecule has 1 aromatic heterocycles. The third-order valence-electron chi connectivity index (χ3n) is 4.74. The Balaban J connectivity index is 1.68. The number of H-pyrrole nitrogens is 1. The molecule has 0 radical (unpaired) electrons. The maximum atomic E-state index is 11.9. The van der Waals surface area contributed by atoms with Crippen LogP contribution in [0.25, 0.3) is 0 Å². The van der Waals surface area contributed by atoms with Crippen LogP contribution in [0.5, 0.6) is 5.75 Å². The van der Waals surface area contributed by atoms with Gasteiger partial charge in [-0.25, -0.2) is 9.89 Å². The average molecular weight is 346 g/mol. The fraction of sp³-hybridized carbons (Fsp3) is 0.556. The highest BCUT2D eigenvalue weighted by molar-refractivity contribution is 5.27. The van der Waals surface area contributed by atoms with Gasteiger partial charge >= 0.3 is 5.69 Å². The molecule has 0 saturated carbocycles. The van der Waals surface area contributed by atoms with Crippen LogP contribution in [0.3, 0.4) is 0 Å². The molecule has 1 saturated heterocycles. The monoisotopic (exact) mass is 346 g/mol. The van der Waals surface area contributed by atoms with Crippen molar-refractivity contribution in [1.82, 2.24) is 19.7 Å². The number of ether oxygens (including phenoxy) is 2. The van der Waals surface area contributed by atoms with Crippen LogP contribution in [-0.2, 0) is 11.3 Å². The largest absolute Gasteiger partial charge is 0.492 e. The third-order valence-corrected chi connectivity index (χ3v) is 4.74. The molecule has 0 spiro atoms. The first-order valence-corrected chi connectivity index (χ1v) is 8.73. The van der Waals surface area contributed by atoms with Gasteiger partial charge in [0.2, 0.25) is 0 Å². The van der Waals surface area contributed by atoms with Crippen LogP contribution in [0.2, 0.25) is 0 Å². The number of nitrogens with one attached hydrogen (secondary N) is 1. The molecule has 2 atom stereocenters. The second-order valence-corrected chi connectivity index (χ2v) is 6.40. The molecule has 2 aromatic rings. The van der Waals surface area contributed by atoms with Crippen LogP contribution < -0.4 is 10.4 Å². The van der Waals surface area contributed by atoms with E-state index in [9.17, 15) is 4.79 Å². The fourth-order valence-corrected chi connectivity index (χ4v) is 3.42. The lowest BCUT2D eigenvalue weighted by atomic mass is 10.2. The second-order valence-electron chi connectivity index (χ2n) is 6.40. The highest BCUT2D eigenvalue weighted by Crippen LogP contribution is 2.31. The van der Waals surface area contributed by atoms with Crippen molar-refractivity contribution in [3.05, 3.63) is 46.1 Å². The molecule has 1 aliphatic heterocycles. The summed E-state index contributed by atoms with van der Waals surface area (Å²) in [5.74, 6) is 1.66. The number of benzene rings is 1. The SMILES string of the molecule is CCn1c([C@@H]2C[C@H](OC)CN2CCOc2cccc(C)c2)n[nH]c1=O. The van der Waals surface area contributed by atoms with Gasteiger partial charge < -0.3 is 9.47 Å². The van der Waals surface area contributed by atoms with Crippen LogP contribution in [0, 0.1) is 6.92 Å². The maximum absolute atomic E-state index is 11.9. The minimum absolute atomic E-state index is 0.0601. The number of methoxy groups -OCH3 is 1. The summed E-state index contributed by atoms with van der Waals surface area (Å²) < 4.78 is 13.1. The Morgan fingerprint density at radius 3 is 2.96 bits per heavy atom. The van der Waals surface area contributed by atoms with Crippen molar-refractivity contribution in [3.8, 4) is 5.75 Å². The molecule has 1 aromatic carbocycles. The van der Waals surface area contributed by atoms with E-state index < -0.39 is 0 Å². The van der Waals surface area contributed by atoms with Gasteiger partial charge in [-0.2, -0.15) is 5.10 Å². The van der Waals surface area contributed by atoms with Gasteiger partial charge in [0.1, 0.15) is 12.4 Å². The summed E-state index contributed by atoms with van der Waals surface area (Å²) in [6, 6.07) is 8.10. The number of aryl methyl sites for hydroxylation is 1. The molecule has 0 aliphatic carbocycles. The van der Waals surface area contributed by atoms with Crippen LogP contribution in [0.1, 0.15) is 30.8 Å². The number of hydrogen-bond donors (Lipinski definition) is 1. The highest BCUT2D eigenvalue weighted by Gasteiger charge is 2.36. The number of aromatic amines is 1. The number of aromatic nitrogens is 3. The quantitative estimate of drug-likeness (QED) is 0.827. The summed E-state index contributed by atoms with van der Waals surface area (Å²) in [5.41, 5.74) is 1.02. The van der Waals surface area contributed by atoms with E-state index in [-0.39, 0.29) is 17.8 Å². The van der Waals surface area contributed by atoms with Gasteiger partial charge in [0.25, 0.3) is 0 Å². The van der Waals surface area contributed by atoms with Gasteiger partial charge in [-0.3, -0.25) is 9.47 Å². The molecule has 2 heterocycles. The topological polar surface area (TPSA) is 72.4 Å². The van der Waals surface area contributed by atoms with Crippen molar-refractivity contribution in [1.29, 1.82) is 0 Å². The Morgan fingerprint density at radius 1 is 1.40 bits per heavy atom.